The Balaban J connectivity index is 0.00000256. The first-order valence-electron chi connectivity index (χ1n) is 5.17. The predicted molar refractivity (Wildman–Crippen MR) is 76.2 cm³/mol. The smallest absolute Gasteiger partial charge is 0.220 e. The Morgan fingerprint density at radius 2 is 2.24 bits per heavy atom. The molecule has 0 radical (unpaired) electrons. The number of nitrogens with two attached hydrogens (primary N) is 1. The van der Waals surface area contributed by atoms with Crippen LogP contribution in [-0.4, -0.2) is 18.0 Å². The lowest BCUT2D eigenvalue weighted by molar-refractivity contribution is -0.122. The topological polar surface area (TPSA) is 55.1 Å². The number of rotatable bonds is 5. The molecule has 6 heteroatoms. The van der Waals surface area contributed by atoms with Gasteiger partial charge in [0.25, 0.3) is 0 Å². The fourth-order valence-corrected chi connectivity index (χ4v) is 2.29. The number of carbonyl (C=O) groups is 1. The number of hydrogen-bond acceptors (Lipinski definition) is 3. The zero-order chi connectivity index (χ0) is 12.2. The number of nitrogens with one attached hydrogen (secondary N) is 1. The van der Waals surface area contributed by atoms with Crippen LogP contribution in [0, 0.1) is 0 Å². The highest BCUT2D eigenvalue weighted by Gasteiger charge is 2.17. The third-order valence-electron chi connectivity index (χ3n) is 2.21. The van der Waals surface area contributed by atoms with Gasteiger partial charge in [-0.25, -0.2) is 0 Å². The van der Waals surface area contributed by atoms with Crippen molar-refractivity contribution in [3.05, 3.63) is 21.3 Å². The predicted octanol–water partition coefficient (Wildman–Crippen LogP) is 2.61. The first kappa shape index (κ1) is 16.7. The summed E-state index contributed by atoms with van der Waals surface area (Å²) in [4.78, 5) is 12.7. The minimum absolute atomic E-state index is 0. The molecular weight excluding hydrogens is 279 g/mol. The van der Waals surface area contributed by atoms with Gasteiger partial charge in [0, 0.05) is 28.8 Å². The standard InChI is InChI=1S/C11H17ClN2OS.ClH/c1-11(2,7-13)14-10(15)4-3-9-5-8(12)6-16-9;/h5-6H,3-4,7,13H2,1-2H3,(H,14,15);1H. The first-order valence-corrected chi connectivity index (χ1v) is 6.43. The normalized spacial score (nSPS) is 10.8. The van der Waals surface area contributed by atoms with E-state index in [9.17, 15) is 4.79 Å². The maximum absolute atomic E-state index is 11.6. The van der Waals surface area contributed by atoms with E-state index in [1.54, 1.807) is 11.3 Å². The fraction of sp³-hybridized carbons (Fsp3) is 0.545. The third kappa shape index (κ3) is 6.27. The first-order chi connectivity index (χ1) is 7.43. The average molecular weight is 297 g/mol. The molecule has 0 aromatic carbocycles. The van der Waals surface area contributed by atoms with Crippen LogP contribution in [0.4, 0.5) is 0 Å². The van der Waals surface area contributed by atoms with Gasteiger partial charge >= 0.3 is 0 Å². The second-order valence-corrected chi connectivity index (χ2v) is 5.80. The molecule has 0 aliphatic carbocycles. The molecule has 17 heavy (non-hydrogen) atoms. The van der Waals surface area contributed by atoms with Crippen molar-refractivity contribution < 1.29 is 4.79 Å². The van der Waals surface area contributed by atoms with Crippen LogP contribution in [0.15, 0.2) is 11.4 Å². The molecular formula is C11H18Cl2N2OS. The van der Waals surface area contributed by atoms with Crippen molar-refractivity contribution >= 4 is 41.3 Å². The number of aryl methyl sites for hydroxylation is 1. The summed E-state index contributed by atoms with van der Waals surface area (Å²) < 4.78 is 0. The van der Waals surface area contributed by atoms with Gasteiger partial charge < -0.3 is 11.1 Å². The van der Waals surface area contributed by atoms with Gasteiger partial charge in [0.1, 0.15) is 0 Å². The molecule has 0 atom stereocenters. The second kappa shape index (κ2) is 7.21. The zero-order valence-corrected chi connectivity index (χ0v) is 12.3. The molecule has 0 fully saturated rings. The van der Waals surface area contributed by atoms with Crippen LogP contribution >= 0.6 is 35.3 Å². The molecule has 0 aliphatic rings. The van der Waals surface area contributed by atoms with E-state index >= 15 is 0 Å². The molecule has 0 bridgehead atoms. The van der Waals surface area contributed by atoms with Crippen molar-refractivity contribution in [1.29, 1.82) is 0 Å². The summed E-state index contributed by atoms with van der Waals surface area (Å²) in [5, 5.41) is 5.50. The third-order valence-corrected chi connectivity index (χ3v) is 3.55. The van der Waals surface area contributed by atoms with Crippen molar-refractivity contribution in [2.24, 2.45) is 5.73 Å². The minimum atomic E-state index is -0.329. The molecule has 0 saturated carbocycles. The highest BCUT2D eigenvalue weighted by atomic mass is 35.5. The molecule has 0 saturated heterocycles. The zero-order valence-electron chi connectivity index (χ0n) is 9.96. The van der Waals surface area contributed by atoms with Crippen LogP contribution in [-0.2, 0) is 11.2 Å². The van der Waals surface area contributed by atoms with Gasteiger partial charge in [-0.15, -0.1) is 23.7 Å². The Hall–Kier alpha value is -0.290. The van der Waals surface area contributed by atoms with E-state index in [0.717, 1.165) is 16.3 Å². The minimum Gasteiger partial charge on any atom is -0.350 e. The van der Waals surface area contributed by atoms with E-state index in [4.69, 9.17) is 17.3 Å². The summed E-state index contributed by atoms with van der Waals surface area (Å²) in [7, 11) is 0. The summed E-state index contributed by atoms with van der Waals surface area (Å²) in [6.07, 6.45) is 1.20. The number of carbonyl (C=O) groups excluding carboxylic acids is 1. The van der Waals surface area contributed by atoms with E-state index in [1.807, 2.05) is 25.3 Å². The van der Waals surface area contributed by atoms with Crippen molar-refractivity contribution in [2.75, 3.05) is 6.54 Å². The number of thiophene rings is 1. The van der Waals surface area contributed by atoms with Gasteiger partial charge in [0.15, 0.2) is 0 Å². The van der Waals surface area contributed by atoms with Crippen LogP contribution in [0.1, 0.15) is 25.1 Å². The van der Waals surface area contributed by atoms with Crippen LogP contribution in [0.5, 0.6) is 0 Å². The van der Waals surface area contributed by atoms with E-state index in [0.29, 0.717) is 13.0 Å². The van der Waals surface area contributed by atoms with Gasteiger partial charge in [-0.2, -0.15) is 0 Å². The monoisotopic (exact) mass is 296 g/mol. The van der Waals surface area contributed by atoms with Gasteiger partial charge in [-0.3, -0.25) is 4.79 Å². The van der Waals surface area contributed by atoms with Crippen molar-refractivity contribution in [3.8, 4) is 0 Å². The Labute approximate surface area is 117 Å². The van der Waals surface area contributed by atoms with Crippen molar-refractivity contribution in [3.63, 3.8) is 0 Å². The molecule has 1 aromatic rings. The largest absolute Gasteiger partial charge is 0.350 e. The Morgan fingerprint density at radius 1 is 1.59 bits per heavy atom. The summed E-state index contributed by atoms with van der Waals surface area (Å²) in [6.45, 7) is 4.25. The molecule has 3 N–H and O–H groups in total. The highest BCUT2D eigenvalue weighted by molar-refractivity contribution is 7.10. The molecule has 98 valence electrons. The molecule has 1 aromatic heterocycles. The van der Waals surface area contributed by atoms with Crippen LogP contribution in [0.25, 0.3) is 0 Å². The second-order valence-electron chi connectivity index (χ2n) is 4.37. The Morgan fingerprint density at radius 3 is 2.71 bits per heavy atom. The molecule has 1 amide bonds. The number of hydrogen-bond donors (Lipinski definition) is 2. The number of halogens is 2. The Bertz CT molecular complexity index is 366. The molecule has 0 aliphatic heterocycles. The van der Waals surface area contributed by atoms with Gasteiger partial charge in [-0.1, -0.05) is 11.6 Å². The molecule has 0 unspecified atom stereocenters. The fourth-order valence-electron chi connectivity index (χ4n) is 1.21. The van der Waals surface area contributed by atoms with Gasteiger partial charge in [0.2, 0.25) is 5.91 Å². The summed E-state index contributed by atoms with van der Waals surface area (Å²) >= 11 is 7.38. The van der Waals surface area contributed by atoms with Crippen LogP contribution < -0.4 is 11.1 Å². The molecule has 0 spiro atoms. The van der Waals surface area contributed by atoms with Gasteiger partial charge in [0.05, 0.1) is 5.02 Å². The lowest BCUT2D eigenvalue weighted by atomic mass is 10.1. The summed E-state index contributed by atoms with van der Waals surface area (Å²) in [5.41, 5.74) is 5.21. The summed E-state index contributed by atoms with van der Waals surface area (Å²) in [6, 6.07) is 1.90. The molecule has 3 nitrogen and oxygen atoms in total. The maximum atomic E-state index is 11.6. The quantitative estimate of drug-likeness (QED) is 0.877. The lowest BCUT2D eigenvalue weighted by Gasteiger charge is -2.24. The molecule has 1 rings (SSSR count). The van der Waals surface area contributed by atoms with Gasteiger partial charge in [-0.05, 0) is 26.3 Å². The molecule has 1 heterocycles. The van der Waals surface area contributed by atoms with E-state index in [1.165, 1.54) is 0 Å². The lowest BCUT2D eigenvalue weighted by Crippen LogP contribution is -2.48. The van der Waals surface area contributed by atoms with Crippen molar-refractivity contribution in [1.82, 2.24) is 5.32 Å². The van der Waals surface area contributed by atoms with E-state index < -0.39 is 0 Å². The number of amides is 1. The maximum Gasteiger partial charge on any atom is 0.220 e. The SMILES string of the molecule is CC(C)(CN)NC(=O)CCc1cc(Cl)cs1.Cl. The Kier molecular flexibility index (Phi) is 7.09. The van der Waals surface area contributed by atoms with Crippen LogP contribution in [0.2, 0.25) is 5.02 Å². The van der Waals surface area contributed by atoms with Crippen molar-refractivity contribution in [2.45, 2.75) is 32.2 Å². The average Bonchev–Trinajstić information content (AvgIpc) is 2.61. The highest BCUT2D eigenvalue weighted by Crippen LogP contribution is 2.20. The van der Waals surface area contributed by atoms with E-state index in [2.05, 4.69) is 5.32 Å². The van der Waals surface area contributed by atoms with E-state index in [-0.39, 0.29) is 23.9 Å². The van der Waals surface area contributed by atoms with Crippen LogP contribution in [0.3, 0.4) is 0 Å². The summed E-state index contributed by atoms with van der Waals surface area (Å²) in [5.74, 6) is 0.0278.